The molecule has 0 unspecified atom stereocenters. The molecule has 0 spiro atoms. The summed E-state index contributed by atoms with van der Waals surface area (Å²) < 4.78 is 13.6. The van der Waals surface area contributed by atoms with Gasteiger partial charge in [-0.05, 0) is 43.2 Å². The van der Waals surface area contributed by atoms with Crippen molar-refractivity contribution < 1.29 is 4.39 Å². The van der Waals surface area contributed by atoms with Crippen molar-refractivity contribution in [1.29, 1.82) is 0 Å². The fraction of sp³-hybridized carbons (Fsp3) is 0.200. The molecule has 0 bridgehead atoms. The Morgan fingerprint density at radius 3 is 2.61 bits per heavy atom. The van der Waals surface area contributed by atoms with Crippen molar-refractivity contribution in [1.82, 2.24) is 0 Å². The summed E-state index contributed by atoms with van der Waals surface area (Å²) in [5.74, 6) is -0.229. The molecule has 0 saturated heterocycles. The fourth-order valence-corrected chi connectivity index (χ4v) is 2.93. The predicted molar refractivity (Wildman–Crippen MR) is 74.3 cm³/mol. The van der Waals surface area contributed by atoms with E-state index >= 15 is 0 Å². The zero-order chi connectivity index (χ0) is 13.1. The molecule has 2 aromatic carbocycles. The summed E-state index contributed by atoms with van der Waals surface area (Å²) in [5, 5.41) is 0. The van der Waals surface area contributed by atoms with Crippen molar-refractivity contribution in [2.75, 3.05) is 0 Å². The average Bonchev–Trinajstić information content (AvgIpc) is 2.34. The molecule has 0 aromatic heterocycles. The number of aryl methyl sites for hydroxylation is 2. The summed E-state index contributed by atoms with van der Waals surface area (Å²) >= 11 is 1.57. The first-order valence-corrected chi connectivity index (χ1v) is 6.66. The zero-order valence-corrected chi connectivity index (χ0v) is 11.4. The van der Waals surface area contributed by atoms with Gasteiger partial charge in [-0.25, -0.2) is 4.39 Å². The lowest BCUT2D eigenvalue weighted by Crippen LogP contribution is -2.01. The van der Waals surface area contributed by atoms with E-state index in [1.807, 2.05) is 6.07 Å². The van der Waals surface area contributed by atoms with Crippen LogP contribution in [0.5, 0.6) is 0 Å². The largest absolute Gasteiger partial charge is 0.326 e. The van der Waals surface area contributed by atoms with E-state index in [9.17, 15) is 4.39 Å². The highest BCUT2D eigenvalue weighted by Gasteiger charge is 2.09. The molecule has 0 radical (unpaired) electrons. The first kappa shape index (κ1) is 13.1. The molecule has 0 fully saturated rings. The van der Waals surface area contributed by atoms with Gasteiger partial charge in [0.25, 0.3) is 0 Å². The minimum atomic E-state index is -0.229. The lowest BCUT2D eigenvalue weighted by molar-refractivity contribution is 0.604. The van der Waals surface area contributed by atoms with E-state index in [1.165, 1.54) is 17.2 Å². The van der Waals surface area contributed by atoms with Gasteiger partial charge in [-0.15, -0.1) is 0 Å². The number of rotatable bonds is 3. The van der Waals surface area contributed by atoms with E-state index in [-0.39, 0.29) is 12.4 Å². The van der Waals surface area contributed by atoms with Crippen LogP contribution in [0.4, 0.5) is 4.39 Å². The van der Waals surface area contributed by atoms with Crippen molar-refractivity contribution in [3.05, 3.63) is 58.9 Å². The monoisotopic (exact) mass is 261 g/mol. The maximum absolute atomic E-state index is 13.6. The molecule has 2 N–H and O–H groups in total. The quantitative estimate of drug-likeness (QED) is 0.902. The highest BCUT2D eigenvalue weighted by atomic mass is 32.2. The molecule has 1 nitrogen and oxygen atoms in total. The van der Waals surface area contributed by atoms with E-state index < -0.39 is 0 Å². The Bertz CT molecular complexity index is 566. The summed E-state index contributed by atoms with van der Waals surface area (Å²) in [6, 6.07) is 11.4. The van der Waals surface area contributed by atoms with Crippen molar-refractivity contribution in [2.24, 2.45) is 5.73 Å². The van der Waals surface area contributed by atoms with E-state index in [4.69, 9.17) is 5.73 Å². The van der Waals surface area contributed by atoms with Crippen LogP contribution in [0.2, 0.25) is 0 Å². The number of benzene rings is 2. The van der Waals surface area contributed by atoms with E-state index in [0.717, 1.165) is 9.79 Å². The Labute approximate surface area is 111 Å². The summed E-state index contributed by atoms with van der Waals surface area (Å²) in [7, 11) is 0. The molecule has 3 heteroatoms. The van der Waals surface area contributed by atoms with E-state index in [2.05, 4.69) is 32.0 Å². The maximum Gasteiger partial charge on any atom is 0.128 e. The summed E-state index contributed by atoms with van der Waals surface area (Å²) in [4.78, 5) is 2.04. The van der Waals surface area contributed by atoms with Crippen LogP contribution in [0.1, 0.15) is 16.7 Å². The summed E-state index contributed by atoms with van der Waals surface area (Å²) in [6.45, 7) is 4.34. The van der Waals surface area contributed by atoms with Crippen LogP contribution in [-0.2, 0) is 6.54 Å². The highest BCUT2D eigenvalue weighted by Crippen LogP contribution is 2.33. The molecular weight excluding hydrogens is 245 g/mol. The van der Waals surface area contributed by atoms with E-state index in [0.29, 0.717) is 5.56 Å². The highest BCUT2D eigenvalue weighted by molar-refractivity contribution is 7.99. The van der Waals surface area contributed by atoms with Crippen LogP contribution in [-0.4, -0.2) is 0 Å². The van der Waals surface area contributed by atoms with Gasteiger partial charge in [0.05, 0.1) is 0 Å². The zero-order valence-electron chi connectivity index (χ0n) is 10.5. The molecule has 2 rings (SSSR count). The lowest BCUT2D eigenvalue weighted by Gasteiger charge is -2.10. The lowest BCUT2D eigenvalue weighted by atomic mass is 10.2. The van der Waals surface area contributed by atoms with Crippen molar-refractivity contribution in [2.45, 2.75) is 30.2 Å². The Morgan fingerprint density at radius 2 is 1.89 bits per heavy atom. The number of halogens is 1. The van der Waals surface area contributed by atoms with Gasteiger partial charge >= 0.3 is 0 Å². The molecule has 0 amide bonds. The average molecular weight is 261 g/mol. The molecule has 0 aliphatic rings. The van der Waals surface area contributed by atoms with Gasteiger partial charge in [-0.3, -0.25) is 0 Å². The molecule has 0 atom stereocenters. The Balaban J connectivity index is 2.40. The molecular formula is C15H16FNS. The Hall–Kier alpha value is -1.32. The second-order valence-electron chi connectivity index (χ2n) is 4.29. The third-order valence-electron chi connectivity index (χ3n) is 2.84. The van der Waals surface area contributed by atoms with Crippen LogP contribution in [0.3, 0.4) is 0 Å². The molecule has 18 heavy (non-hydrogen) atoms. The number of nitrogens with two attached hydrogens (primary N) is 1. The minimum absolute atomic E-state index is 0.222. The minimum Gasteiger partial charge on any atom is -0.326 e. The molecule has 94 valence electrons. The Morgan fingerprint density at radius 1 is 1.11 bits per heavy atom. The molecule has 2 aromatic rings. The van der Waals surface area contributed by atoms with Crippen LogP contribution >= 0.6 is 11.8 Å². The Kier molecular flexibility index (Phi) is 4.04. The van der Waals surface area contributed by atoms with Crippen LogP contribution in [0.15, 0.2) is 46.2 Å². The van der Waals surface area contributed by atoms with Crippen molar-refractivity contribution >= 4 is 11.8 Å². The first-order chi connectivity index (χ1) is 8.61. The van der Waals surface area contributed by atoms with Gasteiger partial charge in [0.1, 0.15) is 5.82 Å². The van der Waals surface area contributed by atoms with Crippen molar-refractivity contribution in [3.8, 4) is 0 Å². The van der Waals surface area contributed by atoms with Gasteiger partial charge in [0.2, 0.25) is 0 Å². The molecule has 0 saturated carbocycles. The molecule has 0 heterocycles. The fourth-order valence-electron chi connectivity index (χ4n) is 1.77. The third-order valence-corrected chi connectivity index (χ3v) is 4.11. The molecule has 0 aliphatic heterocycles. The first-order valence-electron chi connectivity index (χ1n) is 5.84. The van der Waals surface area contributed by atoms with Crippen LogP contribution in [0.25, 0.3) is 0 Å². The van der Waals surface area contributed by atoms with Crippen molar-refractivity contribution in [3.63, 3.8) is 0 Å². The van der Waals surface area contributed by atoms with Gasteiger partial charge < -0.3 is 5.73 Å². The smallest absolute Gasteiger partial charge is 0.128 e. The van der Waals surface area contributed by atoms with Gasteiger partial charge in [-0.2, -0.15) is 0 Å². The predicted octanol–water partition coefficient (Wildman–Crippen LogP) is 4.05. The topological polar surface area (TPSA) is 26.0 Å². The molecule has 0 aliphatic carbocycles. The summed E-state index contributed by atoms with van der Waals surface area (Å²) in [6.07, 6.45) is 0. The normalized spacial score (nSPS) is 10.7. The standard InChI is InChI=1S/C15H16FNS/c1-10-6-7-11(2)15(8-10)18-14-5-3-4-13(16)12(14)9-17/h3-8H,9,17H2,1-2H3. The summed E-state index contributed by atoms with van der Waals surface area (Å²) in [5.41, 5.74) is 8.60. The van der Waals surface area contributed by atoms with Crippen LogP contribution in [0, 0.1) is 19.7 Å². The van der Waals surface area contributed by atoms with Gasteiger partial charge in [-0.1, -0.05) is 30.0 Å². The SMILES string of the molecule is Cc1ccc(C)c(Sc2cccc(F)c2CN)c1. The number of hydrogen-bond donors (Lipinski definition) is 1. The van der Waals surface area contributed by atoms with Gasteiger partial charge in [0.15, 0.2) is 0 Å². The van der Waals surface area contributed by atoms with Crippen LogP contribution < -0.4 is 5.73 Å². The number of hydrogen-bond acceptors (Lipinski definition) is 2. The second-order valence-corrected chi connectivity index (χ2v) is 5.38. The third kappa shape index (κ3) is 2.74. The second kappa shape index (κ2) is 5.55. The van der Waals surface area contributed by atoms with Gasteiger partial charge in [0, 0.05) is 21.9 Å². The maximum atomic E-state index is 13.6. The van der Waals surface area contributed by atoms with E-state index in [1.54, 1.807) is 17.8 Å².